The summed E-state index contributed by atoms with van der Waals surface area (Å²) in [7, 11) is 0. The van der Waals surface area contributed by atoms with Crippen LogP contribution in [0.2, 0.25) is 5.15 Å². The summed E-state index contributed by atoms with van der Waals surface area (Å²) in [6.07, 6.45) is 0.886. The minimum absolute atomic E-state index is 0.287. The van der Waals surface area contributed by atoms with Gasteiger partial charge in [-0.15, -0.1) is 0 Å². The molecule has 21 heavy (non-hydrogen) atoms. The monoisotopic (exact) mass is 300 g/mol. The molecule has 2 aromatic carbocycles. The third kappa shape index (κ3) is 3.14. The van der Waals surface area contributed by atoms with Crippen LogP contribution in [0.4, 0.5) is 10.1 Å². The van der Waals surface area contributed by atoms with E-state index in [0.717, 1.165) is 24.0 Å². The Morgan fingerprint density at radius 2 is 1.86 bits per heavy atom. The van der Waals surface area contributed by atoms with Gasteiger partial charge in [0.25, 0.3) is 0 Å². The first-order valence-electron chi connectivity index (χ1n) is 6.76. The zero-order chi connectivity index (χ0) is 14.7. The molecule has 0 aliphatic rings. The number of fused-ring (bicyclic) bond motifs is 1. The van der Waals surface area contributed by atoms with E-state index in [0.29, 0.717) is 5.52 Å². The number of para-hydroxylation sites is 1. The number of benzene rings is 2. The van der Waals surface area contributed by atoms with Gasteiger partial charge in [0.1, 0.15) is 16.5 Å². The Kier molecular flexibility index (Phi) is 4.02. The Morgan fingerprint density at radius 1 is 1.05 bits per heavy atom. The Morgan fingerprint density at radius 3 is 2.67 bits per heavy atom. The van der Waals surface area contributed by atoms with Crippen LogP contribution in [0.15, 0.2) is 54.6 Å². The molecule has 2 nitrogen and oxygen atoms in total. The highest BCUT2D eigenvalue weighted by atomic mass is 35.5. The number of nitrogens with zero attached hydrogens (tertiary/aromatic N) is 1. The van der Waals surface area contributed by atoms with Crippen molar-refractivity contribution in [2.75, 3.05) is 11.9 Å². The Balaban J connectivity index is 1.82. The van der Waals surface area contributed by atoms with Gasteiger partial charge in [0.05, 0.1) is 0 Å². The Bertz CT molecular complexity index is 759. The van der Waals surface area contributed by atoms with Crippen molar-refractivity contribution in [2.45, 2.75) is 6.42 Å². The number of rotatable bonds is 4. The Labute approximate surface area is 127 Å². The second-order valence-corrected chi connectivity index (χ2v) is 5.18. The molecule has 0 saturated carbocycles. The summed E-state index contributed by atoms with van der Waals surface area (Å²) >= 11 is 5.97. The third-order valence-electron chi connectivity index (χ3n) is 3.33. The number of hydrogen-bond donors (Lipinski definition) is 1. The molecule has 0 bridgehead atoms. The number of halogens is 2. The second-order valence-electron chi connectivity index (χ2n) is 4.79. The molecule has 106 valence electrons. The van der Waals surface area contributed by atoms with Gasteiger partial charge in [-0.05, 0) is 24.1 Å². The molecule has 1 N–H and O–H groups in total. The number of nitrogens with one attached hydrogen (secondary N) is 1. The van der Waals surface area contributed by atoms with Crippen molar-refractivity contribution in [2.24, 2.45) is 0 Å². The smallest absolute Gasteiger partial charge is 0.149 e. The van der Waals surface area contributed by atoms with Crippen LogP contribution in [0, 0.1) is 5.82 Å². The molecule has 3 rings (SSSR count). The van der Waals surface area contributed by atoms with E-state index in [1.165, 1.54) is 11.6 Å². The highest BCUT2D eigenvalue weighted by molar-refractivity contribution is 6.30. The molecule has 0 aliphatic heterocycles. The topological polar surface area (TPSA) is 24.9 Å². The van der Waals surface area contributed by atoms with Crippen molar-refractivity contribution in [1.29, 1.82) is 0 Å². The molecular weight excluding hydrogens is 287 g/mol. The molecular formula is C17H14ClFN2. The van der Waals surface area contributed by atoms with Crippen molar-refractivity contribution in [3.63, 3.8) is 0 Å². The van der Waals surface area contributed by atoms with Gasteiger partial charge in [-0.1, -0.05) is 54.1 Å². The van der Waals surface area contributed by atoms with Crippen LogP contribution in [0.1, 0.15) is 5.56 Å². The van der Waals surface area contributed by atoms with E-state index < -0.39 is 0 Å². The van der Waals surface area contributed by atoms with Crippen LogP contribution in [0.5, 0.6) is 0 Å². The van der Waals surface area contributed by atoms with E-state index in [2.05, 4.69) is 22.4 Å². The fraction of sp³-hybridized carbons (Fsp3) is 0.118. The summed E-state index contributed by atoms with van der Waals surface area (Å²) in [5, 5.41) is 4.34. The summed E-state index contributed by atoms with van der Waals surface area (Å²) in [6.45, 7) is 0.746. The molecule has 0 amide bonds. The molecule has 0 fully saturated rings. The van der Waals surface area contributed by atoms with Gasteiger partial charge in [-0.3, -0.25) is 0 Å². The minimum Gasteiger partial charge on any atom is -0.384 e. The highest BCUT2D eigenvalue weighted by Crippen LogP contribution is 2.27. The summed E-state index contributed by atoms with van der Waals surface area (Å²) in [5.41, 5.74) is 2.35. The van der Waals surface area contributed by atoms with Gasteiger partial charge in [0, 0.05) is 17.6 Å². The molecule has 0 spiro atoms. The lowest BCUT2D eigenvalue weighted by atomic mass is 10.1. The first kappa shape index (κ1) is 13.8. The molecule has 3 aromatic rings. The summed E-state index contributed by atoms with van der Waals surface area (Å²) in [5.74, 6) is -0.360. The largest absolute Gasteiger partial charge is 0.384 e. The van der Waals surface area contributed by atoms with E-state index in [1.54, 1.807) is 12.1 Å². The van der Waals surface area contributed by atoms with Gasteiger partial charge in [-0.2, -0.15) is 0 Å². The van der Waals surface area contributed by atoms with Crippen LogP contribution < -0.4 is 5.32 Å². The first-order valence-corrected chi connectivity index (χ1v) is 7.14. The van der Waals surface area contributed by atoms with Gasteiger partial charge in [0.2, 0.25) is 0 Å². The van der Waals surface area contributed by atoms with Gasteiger partial charge in [0.15, 0.2) is 0 Å². The van der Waals surface area contributed by atoms with E-state index in [1.807, 2.05) is 24.3 Å². The van der Waals surface area contributed by atoms with Crippen LogP contribution in [-0.4, -0.2) is 11.5 Å². The second kappa shape index (κ2) is 6.10. The summed E-state index contributed by atoms with van der Waals surface area (Å²) < 4.78 is 13.8. The van der Waals surface area contributed by atoms with Crippen LogP contribution in [0.25, 0.3) is 10.9 Å². The highest BCUT2D eigenvalue weighted by Gasteiger charge is 2.08. The van der Waals surface area contributed by atoms with Crippen LogP contribution in [0.3, 0.4) is 0 Å². The lowest BCUT2D eigenvalue weighted by Crippen LogP contribution is -2.05. The minimum atomic E-state index is -0.360. The van der Waals surface area contributed by atoms with Crippen LogP contribution >= 0.6 is 11.6 Å². The average molecular weight is 301 g/mol. The third-order valence-corrected chi connectivity index (χ3v) is 3.52. The van der Waals surface area contributed by atoms with Crippen molar-refractivity contribution in [3.05, 3.63) is 71.1 Å². The fourth-order valence-corrected chi connectivity index (χ4v) is 2.51. The Hall–Kier alpha value is -2.13. The van der Waals surface area contributed by atoms with Gasteiger partial charge in [-0.25, -0.2) is 9.37 Å². The van der Waals surface area contributed by atoms with Crippen LogP contribution in [-0.2, 0) is 6.42 Å². The maximum atomic E-state index is 13.8. The van der Waals surface area contributed by atoms with Crippen molar-refractivity contribution < 1.29 is 4.39 Å². The molecule has 0 unspecified atom stereocenters. The predicted molar refractivity (Wildman–Crippen MR) is 85.3 cm³/mol. The predicted octanol–water partition coefficient (Wildman–Crippen LogP) is 4.68. The summed E-state index contributed by atoms with van der Waals surface area (Å²) in [6, 6.07) is 16.8. The number of aromatic nitrogens is 1. The first-order chi connectivity index (χ1) is 10.2. The van der Waals surface area contributed by atoms with Crippen molar-refractivity contribution in [1.82, 2.24) is 4.98 Å². The maximum Gasteiger partial charge on any atom is 0.149 e. The molecule has 1 heterocycles. The lowest BCUT2D eigenvalue weighted by molar-refractivity contribution is 0.637. The van der Waals surface area contributed by atoms with Gasteiger partial charge < -0.3 is 5.32 Å². The molecule has 0 aliphatic carbocycles. The lowest BCUT2D eigenvalue weighted by Gasteiger charge is -2.10. The van der Waals surface area contributed by atoms with E-state index in [-0.39, 0.29) is 11.0 Å². The quantitative estimate of drug-likeness (QED) is 0.708. The van der Waals surface area contributed by atoms with Crippen molar-refractivity contribution >= 4 is 28.2 Å². The SMILES string of the molecule is Fc1cccc2c(NCCc3ccccc3)cc(Cl)nc12. The van der Waals surface area contributed by atoms with E-state index in [9.17, 15) is 4.39 Å². The zero-order valence-corrected chi connectivity index (χ0v) is 12.1. The number of pyridine rings is 1. The van der Waals surface area contributed by atoms with E-state index in [4.69, 9.17) is 11.6 Å². The maximum absolute atomic E-state index is 13.8. The zero-order valence-electron chi connectivity index (χ0n) is 11.3. The molecule has 1 aromatic heterocycles. The van der Waals surface area contributed by atoms with Crippen molar-refractivity contribution in [3.8, 4) is 0 Å². The average Bonchev–Trinajstić information content (AvgIpc) is 2.49. The molecule has 0 atom stereocenters. The fourth-order valence-electron chi connectivity index (χ4n) is 2.31. The normalized spacial score (nSPS) is 10.8. The molecule has 0 radical (unpaired) electrons. The standard InChI is InChI=1S/C17H14ClFN2/c18-16-11-15(13-7-4-8-14(19)17(13)21-16)20-10-9-12-5-2-1-3-6-12/h1-8,11H,9-10H2,(H,20,21). The number of hydrogen-bond acceptors (Lipinski definition) is 2. The van der Waals surface area contributed by atoms with E-state index >= 15 is 0 Å². The van der Waals surface area contributed by atoms with Gasteiger partial charge >= 0.3 is 0 Å². The molecule has 4 heteroatoms. The molecule has 0 saturated heterocycles. The number of anilines is 1. The summed E-state index contributed by atoms with van der Waals surface area (Å²) in [4.78, 5) is 4.05.